The third-order valence-corrected chi connectivity index (χ3v) is 1.88. The number of rotatable bonds is 2. The lowest BCUT2D eigenvalue weighted by Gasteiger charge is -1.92. The highest BCUT2D eigenvalue weighted by molar-refractivity contribution is 9.15. The van der Waals surface area contributed by atoms with E-state index in [1.54, 1.807) is 19.2 Å². The van der Waals surface area contributed by atoms with Crippen LogP contribution in [0.25, 0.3) is 4.48 Å². The number of aryl methyl sites for hydroxylation is 1. The maximum absolute atomic E-state index is 7.23. The van der Waals surface area contributed by atoms with Gasteiger partial charge in [0, 0.05) is 17.6 Å². The van der Waals surface area contributed by atoms with E-state index in [1.807, 2.05) is 6.92 Å². The predicted molar refractivity (Wildman–Crippen MR) is 53.6 cm³/mol. The second kappa shape index (κ2) is 3.67. The molecule has 0 unspecified atom stereocenters. The van der Waals surface area contributed by atoms with Crippen LogP contribution in [0.5, 0.6) is 0 Å². The van der Waals surface area contributed by atoms with E-state index >= 15 is 0 Å². The zero-order valence-electron chi connectivity index (χ0n) is 6.98. The van der Waals surface area contributed by atoms with Crippen molar-refractivity contribution in [3.63, 3.8) is 0 Å². The molecule has 0 aliphatic heterocycles. The molecule has 0 bridgehead atoms. The molecule has 0 aliphatic rings. The normalized spacial score (nSPS) is 11.8. The van der Waals surface area contributed by atoms with Gasteiger partial charge < -0.3 is 10.4 Å². The van der Waals surface area contributed by atoms with Gasteiger partial charge in [-0.05, 0) is 35.9 Å². The van der Waals surface area contributed by atoms with Gasteiger partial charge in [0.2, 0.25) is 0 Å². The average molecular weight is 228 g/mol. The predicted octanol–water partition coefficient (Wildman–Crippen LogP) is 2.49. The Labute approximate surface area is 79.5 Å². The van der Waals surface area contributed by atoms with Crippen LogP contribution in [0.4, 0.5) is 0 Å². The van der Waals surface area contributed by atoms with Gasteiger partial charge >= 0.3 is 0 Å². The zero-order chi connectivity index (χ0) is 9.14. The fraction of sp³-hybridized carbons (Fsp3) is 0.250. The van der Waals surface area contributed by atoms with Gasteiger partial charge in [-0.1, -0.05) is 0 Å². The minimum Gasteiger partial charge on any atom is -0.342 e. The van der Waals surface area contributed by atoms with E-state index in [-0.39, 0.29) is 0 Å². The van der Waals surface area contributed by atoms with E-state index in [2.05, 4.69) is 25.9 Å². The molecule has 1 aromatic rings. The number of hydrogen-bond donors (Lipinski definition) is 2. The smallest absolute Gasteiger partial charge is 0.144 e. The van der Waals surface area contributed by atoms with Gasteiger partial charge in [-0.3, -0.25) is 0 Å². The number of imidazole rings is 1. The van der Waals surface area contributed by atoms with Crippen molar-refractivity contribution in [2.45, 2.75) is 13.8 Å². The average Bonchev–Trinajstić information content (AvgIpc) is 2.34. The summed E-state index contributed by atoms with van der Waals surface area (Å²) in [6.07, 6.45) is 3.46. The molecule has 0 radical (unpaired) electrons. The van der Waals surface area contributed by atoms with Crippen molar-refractivity contribution in [3.8, 4) is 0 Å². The number of nitrogens with zero attached hydrogens (tertiary/aromatic N) is 1. The van der Waals surface area contributed by atoms with Crippen LogP contribution in [-0.2, 0) is 0 Å². The Balaban J connectivity index is 2.91. The molecule has 0 aliphatic carbocycles. The summed E-state index contributed by atoms with van der Waals surface area (Å²) >= 11 is 3.33. The zero-order valence-corrected chi connectivity index (χ0v) is 8.57. The van der Waals surface area contributed by atoms with E-state index in [4.69, 9.17) is 5.41 Å². The Morgan fingerprint density at radius 2 is 2.42 bits per heavy atom. The summed E-state index contributed by atoms with van der Waals surface area (Å²) in [7, 11) is 0. The number of nitrogens with one attached hydrogen (secondary N) is 2. The number of halogens is 1. The first-order valence-electron chi connectivity index (χ1n) is 3.54. The van der Waals surface area contributed by atoms with Crippen LogP contribution < -0.4 is 0 Å². The molecule has 1 heterocycles. The van der Waals surface area contributed by atoms with Gasteiger partial charge in [-0.25, -0.2) is 4.98 Å². The number of allylic oxidation sites excluding steroid dienone is 1. The second-order valence-electron chi connectivity index (χ2n) is 2.59. The quantitative estimate of drug-likeness (QED) is 0.750. The fourth-order valence-electron chi connectivity index (χ4n) is 0.793. The molecule has 1 aromatic heterocycles. The second-order valence-corrected chi connectivity index (χ2v) is 3.44. The monoisotopic (exact) mass is 227 g/mol. The van der Waals surface area contributed by atoms with Gasteiger partial charge in [-0.15, -0.1) is 0 Å². The number of hydrogen-bond acceptors (Lipinski definition) is 2. The van der Waals surface area contributed by atoms with E-state index in [1.165, 1.54) is 0 Å². The van der Waals surface area contributed by atoms with Crippen molar-refractivity contribution >= 4 is 26.1 Å². The van der Waals surface area contributed by atoms with Crippen LogP contribution in [0.2, 0.25) is 0 Å². The Hall–Kier alpha value is -0.900. The Morgan fingerprint density at radius 1 is 1.75 bits per heavy atom. The lowest BCUT2D eigenvalue weighted by molar-refractivity contribution is 1.22. The van der Waals surface area contributed by atoms with Crippen molar-refractivity contribution in [2.75, 3.05) is 0 Å². The third kappa shape index (κ3) is 2.30. The molecular formula is C8H10BrN3. The van der Waals surface area contributed by atoms with Crippen molar-refractivity contribution in [1.82, 2.24) is 9.97 Å². The lowest BCUT2D eigenvalue weighted by atomic mass is 10.3. The fourth-order valence-corrected chi connectivity index (χ4v) is 1.34. The third-order valence-electron chi connectivity index (χ3n) is 1.27. The van der Waals surface area contributed by atoms with Crippen LogP contribution in [0.15, 0.2) is 12.3 Å². The maximum Gasteiger partial charge on any atom is 0.144 e. The summed E-state index contributed by atoms with van der Waals surface area (Å²) in [5.41, 5.74) is 1.51. The molecule has 0 amide bonds. The first kappa shape index (κ1) is 9.19. The van der Waals surface area contributed by atoms with Crippen molar-refractivity contribution in [1.29, 1.82) is 5.41 Å². The highest BCUT2D eigenvalue weighted by atomic mass is 79.9. The standard InChI is InChI=1S/C8H10BrN3/c1-5(10)3-7(9)8-11-4-6(2)12-8/h3-4,10H,1-2H3,(H,11,12)/b7-3+,10-5?. The minimum absolute atomic E-state index is 0.496. The summed E-state index contributed by atoms with van der Waals surface area (Å²) in [5, 5.41) is 7.23. The summed E-state index contributed by atoms with van der Waals surface area (Å²) in [6, 6.07) is 0. The van der Waals surface area contributed by atoms with Gasteiger partial charge in [-0.2, -0.15) is 0 Å². The molecule has 64 valence electrons. The Bertz CT molecular complexity index is 325. The lowest BCUT2D eigenvalue weighted by Crippen LogP contribution is -1.85. The topological polar surface area (TPSA) is 52.5 Å². The van der Waals surface area contributed by atoms with E-state index in [0.29, 0.717) is 5.71 Å². The van der Waals surface area contributed by atoms with Gasteiger partial charge in [0.15, 0.2) is 0 Å². The summed E-state index contributed by atoms with van der Waals surface area (Å²) in [4.78, 5) is 7.16. The number of aromatic nitrogens is 2. The molecule has 0 aromatic carbocycles. The molecular weight excluding hydrogens is 218 g/mol. The highest BCUT2D eigenvalue weighted by Gasteiger charge is 2.00. The molecule has 0 fully saturated rings. The van der Waals surface area contributed by atoms with Gasteiger partial charge in [0.1, 0.15) is 5.82 Å². The van der Waals surface area contributed by atoms with Crippen LogP contribution in [0, 0.1) is 12.3 Å². The largest absolute Gasteiger partial charge is 0.342 e. The summed E-state index contributed by atoms with van der Waals surface area (Å²) in [5.74, 6) is 0.763. The van der Waals surface area contributed by atoms with Crippen LogP contribution in [-0.4, -0.2) is 15.7 Å². The van der Waals surface area contributed by atoms with Gasteiger partial charge in [0.05, 0.1) is 4.48 Å². The van der Waals surface area contributed by atoms with E-state index < -0.39 is 0 Å². The molecule has 4 heteroatoms. The van der Waals surface area contributed by atoms with Crippen molar-refractivity contribution < 1.29 is 0 Å². The van der Waals surface area contributed by atoms with Crippen LogP contribution >= 0.6 is 15.9 Å². The van der Waals surface area contributed by atoms with Crippen molar-refractivity contribution in [2.24, 2.45) is 0 Å². The van der Waals surface area contributed by atoms with Crippen LogP contribution in [0.1, 0.15) is 18.4 Å². The first-order valence-corrected chi connectivity index (χ1v) is 4.33. The molecule has 12 heavy (non-hydrogen) atoms. The Kier molecular flexibility index (Phi) is 2.81. The number of H-pyrrole nitrogens is 1. The SMILES string of the molecule is CC(=N)/C=C(/Br)c1ncc(C)[nH]1. The van der Waals surface area contributed by atoms with Gasteiger partial charge in [0.25, 0.3) is 0 Å². The highest BCUT2D eigenvalue weighted by Crippen LogP contribution is 2.17. The van der Waals surface area contributed by atoms with E-state index in [0.717, 1.165) is 16.0 Å². The molecule has 3 nitrogen and oxygen atoms in total. The molecule has 0 spiro atoms. The molecule has 0 saturated heterocycles. The summed E-state index contributed by atoms with van der Waals surface area (Å²) in [6.45, 7) is 3.66. The van der Waals surface area contributed by atoms with E-state index in [9.17, 15) is 0 Å². The molecule has 0 saturated carbocycles. The molecule has 0 atom stereocenters. The first-order chi connectivity index (χ1) is 5.59. The summed E-state index contributed by atoms with van der Waals surface area (Å²) < 4.78 is 0.808. The molecule has 2 N–H and O–H groups in total. The molecule has 1 rings (SSSR count). The number of aromatic amines is 1. The Morgan fingerprint density at radius 3 is 2.83 bits per heavy atom. The van der Waals surface area contributed by atoms with Crippen LogP contribution in [0.3, 0.4) is 0 Å². The minimum atomic E-state index is 0.496. The maximum atomic E-state index is 7.23. The van der Waals surface area contributed by atoms with Crippen molar-refractivity contribution in [3.05, 3.63) is 23.8 Å².